The SMILES string of the molecule is C/C(=N\NS(=O)(=O)c1ccc(Cl)cc1)c1cccc(NC(=O)c2csc3c2CCCC3)c1. The van der Waals surface area contributed by atoms with Crippen LogP contribution in [0.2, 0.25) is 5.02 Å². The average molecular weight is 488 g/mol. The molecule has 0 radical (unpaired) electrons. The number of rotatable bonds is 6. The van der Waals surface area contributed by atoms with E-state index in [0.717, 1.165) is 24.8 Å². The van der Waals surface area contributed by atoms with E-state index in [9.17, 15) is 13.2 Å². The van der Waals surface area contributed by atoms with Gasteiger partial charge >= 0.3 is 0 Å². The normalized spacial score (nSPS) is 14.0. The zero-order chi connectivity index (χ0) is 22.7. The van der Waals surface area contributed by atoms with Crippen molar-refractivity contribution in [1.82, 2.24) is 4.83 Å². The van der Waals surface area contributed by atoms with Gasteiger partial charge in [-0.3, -0.25) is 4.79 Å². The predicted octanol–water partition coefficient (Wildman–Crippen LogP) is 5.24. The lowest BCUT2D eigenvalue weighted by Crippen LogP contribution is -2.20. The van der Waals surface area contributed by atoms with Gasteiger partial charge in [0.05, 0.1) is 16.2 Å². The average Bonchev–Trinajstić information content (AvgIpc) is 3.22. The number of hydrogen-bond donors (Lipinski definition) is 2. The van der Waals surface area contributed by atoms with Gasteiger partial charge in [0.15, 0.2) is 0 Å². The molecular weight excluding hydrogens is 466 g/mol. The molecule has 1 amide bonds. The molecule has 0 unspecified atom stereocenters. The number of fused-ring (bicyclic) bond motifs is 1. The van der Waals surface area contributed by atoms with E-state index in [1.165, 1.54) is 41.1 Å². The smallest absolute Gasteiger partial charge is 0.276 e. The molecule has 3 aromatic rings. The van der Waals surface area contributed by atoms with Crippen molar-refractivity contribution in [3.63, 3.8) is 0 Å². The second-order valence-corrected chi connectivity index (χ2v) is 10.6. The van der Waals surface area contributed by atoms with Crippen LogP contribution >= 0.6 is 22.9 Å². The lowest BCUT2D eigenvalue weighted by Gasteiger charge is -2.13. The van der Waals surface area contributed by atoms with E-state index < -0.39 is 10.0 Å². The summed E-state index contributed by atoms with van der Waals surface area (Å²) >= 11 is 7.47. The van der Waals surface area contributed by atoms with Gasteiger partial charge in [0.2, 0.25) is 0 Å². The molecule has 32 heavy (non-hydrogen) atoms. The van der Waals surface area contributed by atoms with Gasteiger partial charge in [0.25, 0.3) is 15.9 Å². The van der Waals surface area contributed by atoms with Crippen molar-refractivity contribution in [1.29, 1.82) is 0 Å². The van der Waals surface area contributed by atoms with Gasteiger partial charge in [-0.05, 0) is 80.1 Å². The number of nitrogens with zero attached hydrogens (tertiary/aromatic N) is 1. The summed E-state index contributed by atoms with van der Waals surface area (Å²) in [6.45, 7) is 1.70. The summed E-state index contributed by atoms with van der Waals surface area (Å²) in [5, 5.41) is 9.37. The lowest BCUT2D eigenvalue weighted by atomic mass is 9.95. The Bertz CT molecular complexity index is 1280. The van der Waals surface area contributed by atoms with Crippen molar-refractivity contribution in [3.8, 4) is 0 Å². The molecule has 0 aliphatic heterocycles. The fourth-order valence-corrected chi connectivity index (χ4v) is 5.67. The van der Waals surface area contributed by atoms with Crippen LogP contribution in [0.3, 0.4) is 0 Å². The van der Waals surface area contributed by atoms with E-state index in [1.54, 1.807) is 42.5 Å². The Morgan fingerprint density at radius 2 is 1.84 bits per heavy atom. The topological polar surface area (TPSA) is 87.6 Å². The molecule has 2 aromatic carbocycles. The van der Waals surface area contributed by atoms with Gasteiger partial charge in [0.1, 0.15) is 0 Å². The molecule has 0 fully saturated rings. The highest BCUT2D eigenvalue weighted by Gasteiger charge is 2.20. The zero-order valence-electron chi connectivity index (χ0n) is 17.4. The maximum Gasteiger partial charge on any atom is 0.276 e. The van der Waals surface area contributed by atoms with Crippen molar-refractivity contribution < 1.29 is 13.2 Å². The Balaban J connectivity index is 1.48. The lowest BCUT2D eigenvalue weighted by molar-refractivity contribution is 0.102. The molecule has 0 bridgehead atoms. The first-order valence-corrected chi connectivity index (χ1v) is 12.9. The molecular formula is C23H22ClN3O3S2. The Labute approximate surface area is 196 Å². The van der Waals surface area contributed by atoms with E-state index >= 15 is 0 Å². The van der Waals surface area contributed by atoms with Crippen LogP contribution in [0.4, 0.5) is 5.69 Å². The molecule has 2 N–H and O–H groups in total. The molecule has 4 rings (SSSR count). The van der Waals surface area contributed by atoms with Crippen LogP contribution < -0.4 is 10.1 Å². The zero-order valence-corrected chi connectivity index (χ0v) is 19.8. The second-order valence-electron chi connectivity index (χ2n) is 7.54. The molecule has 0 saturated heterocycles. The maximum absolute atomic E-state index is 12.8. The second kappa shape index (κ2) is 9.44. The fraction of sp³-hybridized carbons (Fsp3) is 0.217. The van der Waals surface area contributed by atoms with E-state index in [-0.39, 0.29) is 10.8 Å². The van der Waals surface area contributed by atoms with Gasteiger partial charge in [-0.15, -0.1) is 11.3 Å². The van der Waals surface area contributed by atoms with Gasteiger partial charge in [-0.1, -0.05) is 23.7 Å². The summed E-state index contributed by atoms with van der Waals surface area (Å²) in [4.78, 5) is 16.5. The number of anilines is 1. The molecule has 166 valence electrons. The van der Waals surface area contributed by atoms with Gasteiger partial charge in [-0.2, -0.15) is 18.4 Å². The monoisotopic (exact) mass is 487 g/mol. The van der Waals surface area contributed by atoms with Crippen molar-refractivity contribution in [3.05, 3.63) is 80.5 Å². The molecule has 0 spiro atoms. The third-order valence-corrected chi connectivity index (χ3v) is 7.87. The van der Waals surface area contributed by atoms with Gasteiger partial charge < -0.3 is 5.32 Å². The van der Waals surface area contributed by atoms with Gasteiger partial charge in [-0.25, -0.2) is 0 Å². The number of amides is 1. The number of thiophene rings is 1. The number of carbonyl (C=O) groups excluding carboxylic acids is 1. The first-order chi connectivity index (χ1) is 15.3. The molecule has 1 aliphatic carbocycles. The third-order valence-electron chi connectivity index (χ3n) is 5.30. The number of sulfonamides is 1. The molecule has 1 aromatic heterocycles. The maximum atomic E-state index is 12.8. The first kappa shape index (κ1) is 22.5. The Hall–Kier alpha value is -2.68. The minimum absolute atomic E-state index is 0.0681. The standard InChI is InChI=1S/C23H22ClN3O3S2/c1-15(26-27-32(29,30)19-11-9-17(24)10-12-19)16-5-4-6-18(13-16)25-23(28)21-14-31-22-8-3-2-7-20(21)22/h4-6,9-14,27H,2-3,7-8H2,1H3,(H,25,28)/b26-15+. The third kappa shape index (κ3) is 5.03. The van der Waals surface area contributed by atoms with E-state index in [4.69, 9.17) is 11.6 Å². The first-order valence-electron chi connectivity index (χ1n) is 10.2. The van der Waals surface area contributed by atoms with Crippen LogP contribution in [-0.2, 0) is 22.9 Å². The van der Waals surface area contributed by atoms with Crippen molar-refractivity contribution >= 4 is 50.3 Å². The van der Waals surface area contributed by atoms with E-state index in [0.29, 0.717) is 22.0 Å². The van der Waals surface area contributed by atoms with Crippen LogP contribution in [0.15, 0.2) is 63.9 Å². The summed E-state index contributed by atoms with van der Waals surface area (Å²) in [5.41, 5.74) is 3.69. The quantitative estimate of drug-likeness (QED) is 0.368. The van der Waals surface area contributed by atoms with Crippen LogP contribution in [0.1, 0.15) is 46.1 Å². The number of hydrazone groups is 1. The van der Waals surface area contributed by atoms with Crippen molar-refractivity contribution in [2.75, 3.05) is 5.32 Å². The highest BCUT2D eigenvalue weighted by molar-refractivity contribution is 7.89. The molecule has 0 atom stereocenters. The number of benzene rings is 2. The minimum atomic E-state index is -3.81. The summed E-state index contributed by atoms with van der Waals surface area (Å²) in [6, 6.07) is 13.0. The number of hydrogen-bond acceptors (Lipinski definition) is 5. The highest BCUT2D eigenvalue weighted by Crippen LogP contribution is 2.30. The molecule has 1 heterocycles. The van der Waals surface area contributed by atoms with Crippen LogP contribution in [0.5, 0.6) is 0 Å². The fourth-order valence-electron chi connectivity index (χ4n) is 3.56. The number of nitrogens with one attached hydrogen (secondary N) is 2. The molecule has 1 aliphatic rings. The minimum Gasteiger partial charge on any atom is -0.322 e. The molecule has 6 nitrogen and oxygen atoms in total. The molecule has 0 saturated carbocycles. The van der Waals surface area contributed by atoms with Crippen molar-refractivity contribution in [2.24, 2.45) is 5.10 Å². The van der Waals surface area contributed by atoms with Gasteiger partial charge in [0, 0.05) is 21.0 Å². The summed E-state index contributed by atoms with van der Waals surface area (Å²) < 4.78 is 24.8. The summed E-state index contributed by atoms with van der Waals surface area (Å²) in [6.07, 6.45) is 4.28. The van der Waals surface area contributed by atoms with Crippen LogP contribution in [-0.4, -0.2) is 20.0 Å². The number of carbonyl (C=O) groups is 1. The summed E-state index contributed by atoms with van der Waals surface area (Å²) in [5.74, 6) is -0.125. The number of halogens is 1. The predicted molar refractivity (Wildman–Crippen MR) is 129 cm³/mol. The van der Waals surface area contributed by atoms with Crippen molar-refractivity contribution in [2.45, 2.75) is 37.5 Å². The highest BCUT2D eigenvalue weighted by atomic mass is 35.5. The Morgan fingerprint density at radius 1 is 1.09 bits per heavy atom. The van der Waals surface area contributed by atoms with Crippen LogP contribution in [0.25, 0.3) is 0 Å². The van der Waals surface area contributed by atoms with Crippen LogP contribution in [0, 0.1) is 0 Å². The Morgan fingerprint density at radius 3 is 2.62 bits per heavy atom. The van der Waals surface area contributed by atoms with E-state index in [2.05, 4.69) is 15.2 Å². The largest absolute Gasteiger partial charge is 0.322 e. The van der Waals surface area contributed by atoms with E-state index in [1.807, 2.05) is 5.38 Å². The Kier molecular flexibility index (Phi) is 6.64. The molecule has 9 heteroatoms. The summed E-state index contributed by atoms with van der Waals surface area (Å²) in [7, 11) is -3.81. The number of aryl methyl sites for hydroxylation is 1.